The summed E-state index contributed by atoms with van der Waals surface area (Å²) in [6.07, 6.45) is 2.31. The Labute approximate surface area is 205 Å². The number of ether oxygens (including phenoxy) is 1. The highest BCUT2D eigenvalue weighted by atomic mass is 32.2. The predicted molar refractivity (Wildman–Crippen MR) is 131 cm³/mol. The van der Waals surface area contributed by atoms with Crippen LogP contribution in [0.3, 0.4) is 0 Å². The molecule has 0 aliphatic heterocycles. The van der Waals surface area contributed by atoms with Crippen LogP contribution in [0.4, 0.5) is 4.39 Å². The van der Waals surface area contributed by atoms with Gasteiger partial charge in [0.2, 0.25) is 5.91 Å². The molecule has 1 fully saturated rings. The number of carbonyl (C=O) groups excluding carboxylic acids is 1. The number of halogens is 1. The molecular formula is C27H29FN2O4S. The van der Waals surface area contributed by atoms with Crippen molar-refractivity contribution in [2.24, 2.45) is 0 Å². The van der Waals surface area contributed by atoms with Crippen LogP contribution in [0.25, 0.3) is 0 Å². The van der Waals surface area contributed by atoms with Gasteiger partial charge in [-0.05, 0) is 67.3 Å². The van der Waals surface area contributed by atoms with Crippen LogP contribution in [-0.2, 0) is 32.5 Å². The summed E-state index contributed by atoms with van der Waals surface area (Å²) in [7, 11) is -2.18. The van der Waals surface area contributed by atoms with Gasteiger partial charge in [0.05, 0.1) is 34.5 Å². The molecule has 6 nitrogen and oxygen atoms in total. The number of benzene rings is 2. The average Bonchev–Trinajstić information content (AvgIpc) is 3.65. The summed E-state index contributed by atoms with van der Waals surface area (Å²) in [4.78, 5) is 19.9. The first kappa shape index (κ1) is 25.0. The van der Waals surface area contributed by atoms with E-state index in [9.17, 15) is 17.6 Å². The molecular weight excluding hydrogens is 467 g/mol. The Balaban J connectivity index is 1.65. The van der Waals surface area contributed by atoms with Gasteiger partial charge in [0.15, 0.2) is 9.84 Å². The third-order valence-corrected chi connectivity index (χ3v) is 9.21. The molecule has 1 unspecified atom stereocenters. The van der Waals surface area contributed by atoms with Crippen molar-refractivity contribution in [3.8, 4) is 0 Å². The fourth-order valence-electron chi connectivity index (χ4n) is 4.42. The standard InChI is InChI=1S/C27H29FN2O4S/c1-20(25-9-4-3-7-21(25)19-34-2)30(18-23-8-5-6-16-29-23)26(31)17-27(14-15-27)35(32,33)24-12-10-22(28)11-13-24/h3-13,16,20H,14-15,17-19H2,1-2H3. The van der Waals surface area contributed by atoms with Gasteiger partial charge in [-0.15, -0.1) is 0 Å². The molecule has 1 aliphatic carbocycles. The van der Waals surface area contributed by atoms with Gasteiger partial charge in [-0.3, -0.25) is 9.78 Å². The molecule has 0 saturated heterocycles. The quantitative estimate of drug-likeness (QED) is 0.375. The molecule has 1 aliphatic rings. The van der Waals surface area contributed by atoms with Crippen molar-refractivity contribution < 1.29 is 22.3 Å². The third-order valence-electron chi connectivity index (χ3n) is 6.63. The van der Waals surface area contributed by atoms with E-state index < -0.39 is 20.4 Å². The number of nitrogens with zero attached hydrogens (tertiary/aromatic N) is 2. The summed E-state index contributed by atoms with van der Waals surface area (Å²) in [6, 6.07) is 17.7. The van der Waals surface area contributed by atoms with E-state index >= 15 is 0 Å². The molecule has 2 aromatic carbocycles. The Hall–Kier alpha value is -3.10. The largest absolute Gasteiger partial charge is 0.380 e. The van der Waals surface area contributed by atoms with Crippen LogP contribution in [0.1, 0.15) is 49.0 Å². The minimum absolute atomic E-state index is 0.0407. The molecule has 1 saturated carbocycles. The smallest absolute Gasteiger partial charge is 0.225 e. The average molecular weight is 497 g/mol. The summed E-state index contributed by atoms with van der Waals surface area (Å²) in [5, 5.41) is 0. The molecule has 1 atom stereocenters. The monoisotopic (exact) mass is 496 g/mol. The van der Waals surface area contributed by atoms with Crippen molar-refractivity contribution in [1.82, 2.24) is 9.88 Å². The van der Waals surface area contributed by atoms with Crippen molar-refractivity contribution >= 4 is 15.7 Å². The molecule has 1 amide bonds. The molecule has 0 bridgehead atoms. The number of aromatic nitrogens is 1. The van der Waals surface area contributed by atoms with Crippen molar-refractivity contribution in [2.75, 3.05) is 7.11 Å². The fourth-order valence-corrected chi connectivity index (χ4v) is 6.37. The summed E-state index contributed by atoms with van der Waals surface area (Å²) in [6.45, 7) is 2.58. The number of hydrogen-bond donors (Lipinski definition) is 0. The first-order valence-electron chi connectivity index (χ1n) is 11.5. The summed E-state index contributed by atoms with van der Waals surface area (Å²) >= 11 is 0. The highest BCUT2D eigenvalue weighted by molar-refractivity contribution is 7.93. The van der Waals surface area contributed by atoms with E-state index in [0.29, 0.717) is 25.1 Å². The van der Waals surface area contributed by atoms with Gasteiger partial charge >= 0.3 is 0 Å². The third kappa shape index (κ3) is 5.28. The molecule has 1 aromatic heterocycles. The minimum atomic E-state index is -3.80. The number of methoxy groups -OCH3 is 1. The van der Waals surface area contributed by atoms with Crippen molar-refractivity contribution in [2.45, 2.75) is 55.0 Å². The van der Waals surface area contributed by atoms with Gasteiger partial charge in [0.1, 0.15) is 5.82 Å². The zero-order valence-electron chi connectivity index (χ0n) is 19.9. The van der Waals surface area contributed by atoms with E-state index in [-0.39, 0.29) is 29.8 Å². The molecule has 3 aromatic rings. The first-order valence-corrected chi connectivity index (χ1v) is 13.0. The highest BCUT2D eigenvalue weighted by Crippen LogP contribution is 2.50. The van der Waals surface area contributed by atoms with Gasteiger partial charge in [0, 0.05) is 19.7 Å². The van der Waals surface area contributed by atoms with Gasteiger partial charge in [0.25, 0.3) is 0 Å². The normalized spacial score (nSPS) is 15.4. The Morgan fingerprint density at radius 2 is 1.77 bits per heavy atom. The number of carbonyl (C=O) groups is 1. The Bertz CT molecular complexity index is 1280. The van der Waals surface area contributed by atoms with Crippen molar-refractivity contribution in [1.29, 1.82) is 0 Å². The van der Waals surface area contributed by atoms with Gasteiger partial charge in [-0.1, -0.05) is 30.3 Å². The number of pyridine rings is 1. The van der Waals surface area contributed by atoms with E-state index in [1.807, 2.05) is 43.3 Å². The summed E-state index contributed by atoms with van der Waals surface area (Å²) in [5.74, 6) is -0.770. The SMILES string of the molecule is COCc1ccccc1C(C)N(Cc1ccccn1)C(=O)CC1(S(=O)(=O)c2ccc(F)cc2)CC1. The van der Waals surface area contributed by atoms with Crippen molar-refractivity contribution in [3.63, 3.8) is 0 Å². The van der Waals surface area contributed by atoms with Crippen molar-refractivity contribution in [3.05, 3.63) is 95.6 Å². The lowest BCUT2D eigenvalue weighted by atomic mass is 9.99. The molecule has 0 N–H and O–H groups in total. The van der Waals surface area contributed by atoms with Gasteiger partial charge in [-0.25, -0.2) is 12.8 Å². The van der Waals surface area contributed by atoms with E-state index in [0.717, 1.165) is 23.3 Å². The van der Waals surface area contributed by atoms with Crippen LogP contribution >= 0.6 is 0 Å². The van der Waals surface area contributed by atoms with Crippen LogP contribution in [0.2, 0.25) is 0 Å². The van der Waals surface area contributed by atoms with E-state index in [1.165, 1.54) is 12.1 Å². The lowest BCUT2D eigenvalue weighted by Gasteiger charge is -2.32. The van der Waals surface area contributed by atoms with Crippen LogP contribution in [0.15, 0.2) is 77.8 Å². The molecule has 0 radical (unpaired) electrons. The molecule has 8 heteroatoms. The maximum absolute atomic E-state index is 13.8. The van der Waals surface area contributed by atoms with Crippen LogP contribution in [0, 0.1) is 5.82 Å². The van der Waals surface area contributed by atoms with Gasteiger partial charge < -0.3 is 9.64 Å². The number of hydrogen-bond acceptors (Lipinski definition) is 5. The second kappa shape index (κ2) is 10.3. The molecule has 35 heavy (non-hydrogen) atoms. The second-order valence-electron chi connectivity index (χ2n) is 8.97. The number of rotatable bonds is 10. The Morgan fingerprint density at radius 3 is 2.40 bits per heavy atom. The Kier molecular flexibility index (Phi) is 7.33. The number of sulfone groups is 1. The topological polar surface area (TPSA) is 76.6 Å². The minimum Gasteiger partial charge on any atom is -0.380 e. The Morgan fingerprint density at radius 1 is 1.09 bits per heavy atom. The molecule has 1 heterocycles. The lowest BCUT2D eigenvalue weighted by molar-refractivity contribution is -0.134. The second-order valence-corrected chi connectivity index (χ2v) is 11.3. The van der Waals surface area contributed by atoms with E-state index in [4.69, 9.17) is 4.74 Å². The highest BCUT2D eigenvalue weighted by Gasteiger charge is 2.56. The zero-order chi connectivity index (χ0) is 25.1. The molecule has 0 spiro atoms. The summed E-state index contributed by atoms with van der Waals surface area (Å²) in [5.41, 5.74) is 2.61. The molecule has 184 valence electrons. The molecule has 4 rings (SSSR count). The summed E-state index contributed by atoms with van der Waals surface area (Å²) < 4.78 is 44.4. The lowest BCUT2D eigenvalue weighted by Crippen LogP contribution is -2.38. The van der Waals surface area contributed by atoms with Crippen LogP contribution in [0.5, 0.6) is 0 Å². The van der Waals surface area contributed by atoms with Crippen LogP contribution in [-0.4, -0.2) is 36.1 Å². The maximum Gasteiger partial charge on any atom is 0.225 e. The zero-order valence-corrected chi connectivity index (χ0v) is 20.7. The van der Waals surface area contributed by atoms with E-state index in [1.54, 1.807) is 24.3 Å². The fraction of sp³-hybridized carbons (Fsp3) is 0.333. The maximum atomic E-state index is 13.8. The van der Waals surface area contributed by atoms with Crippen LogP contribution < -0.4 is 0 Å². The van der Waals surface area contributed by atoms with E-state index in [2.05, 4.69) is 4.98 Å². The predicted octanol–water partition coefficient (Wildman–Crippen LogP) is 4.85. The first-order chi connectivity index (χ1) is 16.8. The number of amides is 1. The van der Waals surface area contributed by atoms with Gasteiger partial charge in [-0.2, -0.15) is 0 Å².